The van der Waals surface area contributed by atoms with Crippen molar-refractivity contribution in [3.8, 4) is 0 Å². The molecule has 4 nitrogen and oxygen atoms in total. The molecule has 1 atom stereocenters. The fourth-order valence-corrected chi connectivity index (χ4v) is 3.28. The molecule has 1 aliphatic heterocycles. The van der Waals surface area contributed by atoms with Crippen LogP contribution in [0.25, 0.3) is 0 Å². The molecule has 25 heavy (non-hydrogen) atoms. The van der Waals surface area contributed by atoms with Gasteiger partial charge < -0.3 is 9.64 Å². The normalized spacial score (nSPS) is 17.2. The van der Waals surface area contributed by atoms with E-state index in [1.54, 1.807) is 53.4 Å². The SMILES string of the molecule is O=C(OCC1CCCCN1C(=O)c1ccccc1Cl)c1ccccc1. The van der Waals surface area contributed by atoms with Crippen molar-refractivity contribution in [1.82, 2.24) is 4.90 Å². The van der Waals surface area contributed by atoms with Crippen LogP contribution in [0.5, 0.6) is 0 Å². The van der Waals surface area contributed by atoms with Gasteiger partial charge in [0.25, 0.3) is 5.91 Å². The molecule has 0 N–H and O–H groups in total. The Bertz CT molecular complexity index is 748. The minimum absolute atomic E-state index is 0.105. The van der Waals surface area contributed by atoms with E-state index in [9.17, 15) is 9.59 Å². The number of piperidine rings is 1. The van der Waals surface area contributed by atoms with Gasteiger partial charge in [0, 0.05) is 6.54 Å². The molecule has 0 radical (unpaired) electrons. The first-order valence-corrected chi connectivity index (χ1v) is 8.82. The Kier molecular flexibility index (Phi) is 5.71. The van der Waals surface area contributed by atoms with E-state index in [1.165, 1.54) is 0 Å². The topological polar surface area (TPSA) is 46.6 Å². The zero-order chi connectivity index (χ0) is 17.6. The first kappa shape index (κ1) is 17.5. The summed E-state index contributed by atoms with van der Waals surface area (Å²) in [6.45, 7) is 0.849. The van der Waals surface area contributed by atoms with Crippen LogP contribution in [-0.4, -0.2) is 36.0 Å². The molecule has 2 aromatic rings. The van der Waals surface area contributed by atoms with Crippen molar-refractivity contribution >= 4 is 23.5 Å². The molecule has 1 amide bonds. The summed E-state index contributed by atoms with van der Waals surface area (Å²) in [5.41, 5.74) is 1.01. The Hall–Kier alpha value is -2.33. The van der Waals surface area contributed by atoms with Gasteiger partial charge in [0.05, 0.1) is 22.2 Å². The van der Waals surface area contributed by atoms with Crippen LogP contribution in [0, 0.1) is 0 Å². The minimum atomic E-state index is -0.365. The Morgan fingerprint density at radius 3 is 2.52 bits per heavy atom. The lowest BCUT2D eigenvalue weighted by Gasteiger charge is -2.35. The van der Waals surface area contributed by atoms with Gasteiger partial charge in [0.1, 0.15) is 6.61 Å². The van der Waals surface area contributed by atoms with Gasteiger partial charge in [0.15, 0.2) is 0 Å². The fourth-order valence-electron chi connectivity index (χ4n) is 3.06. The first-order valence-electron chi connectivity index (χ1n) is 8.44. The molecule has 1 saturated heterocycles. The monoisotopic (exact) mass is 357 g/mol. The number of halogens is 1. The lowest BCUT2D eigenvalue weighted by Crippen LogP contribution is -2.46. The van der Waals surface area contributed by atoms with Gasteiger partial charge >= 0.3 is 5.97 Å². The van der Waals surface area contributed by atoms with Gasteiger partial charge in [-0.2, -0.15) is 0 Å². The van der Waals surface area contributed by atoms with Crippen molar-refractivity contribution in [2.45, 2.75) is 25.3 Å². The lowest BCUT2D eigenvalue weighted by molar-refractivity contribution is 0.0251. The van der Waals surface area contributed by atoms with E-state index in [-0.39, 0.29) is 24.5 Å². The van der Waals surface area contributed by atoms with E-state index >= 15 is 0 Å². The van der Waals surface area contributed by atoms with Crippen LogP contribution in [0.15, 0.2) is 54.6 Å². The predicted octanol–water partition coefficient (Wildman–Crippen LogP) is 4.19. The van der Waals surface area contributed by atoms with Crippen LogP contribution in [0.1, 0.15) is 40.0 Å². The number of rotatable bonds is 4. The highest BCUT2D eigenvalue weighted by Crippen LogP contribution is 2.23. The first-order chi connectivity index (χ1) is 12.2. The van der Waals surface area contributed by atoms with E-state index in [4.69, 9.17) is 16.3 Å². The Balaban J connectivity index is 1.68. The smallest absolute Gasteiger partial charge is 0.338 e. The summed E-state index contributed by atoms with van der Waals surface area (Å²) < 4.78 is 5.45. The second-order valence-electron chi connectivity index (χ2n) is 6.09. The second kappa shape index (κ2) is 8.17. The lowest BCUT2D eigenvalue weighted by atomic mass is 10.0. The molecule has 0 aromatic heterocycles. The number of hydrogen-bond acceptors (Lipinski definition) is 3. The molecule has 0 spiro atoms. The van der Waals surface area contributed by atoms with Crippen LogP contribution in [0.3, 0.4) is 0 Å². The highest BCUT2D eigenvalue weighted by molar-refractivity contribution is 6.33. The highest BCUT2D eigenvalue weighted by atomic mass is 35.5. The van der Waals surface area contributed by atoms with Gasteiger partial charge in [-0.15, -0.1) is 0 Å². The van der Waals surface area contributed by atoms with E-state index in [2.05, 4.69) is 0 Å². The third-order valence-electron chi connectivity index (χ3n) is 4.41. The molecule has 0 aliphatic carbocycles. The average Bonchev–Trinajstić information content (AvgIpc) is 2.67. The van der Waals surface area contributed by atoms with Gasteiger partial charge in [-0.3, -0.25) is 4.79 Å². The Morgan fingerprint density at radius 2 is 1.76 bits per heavy atom. The van der Waals surface area contributed by atoms with Crippen LogP contribution in [0.4, 0.5) is 0 Å². The number of nitrogens with zero attached hydrogens (tertiary/aromatic N) is 1. The Labute approximate surface area is 152 Å². The van der Waals surface area contributed by atoms with Gasteiger partial charge in [0.2, 0.25) is 0 Å². The molecule has 1 aliphatic rings. The van der Waals surface area contributed by atoms with Gasteiger partial charge in [-0.05, 0) is 43.5 Å². The molecular weight excluding hydrogens is 338 g/mol. The molecule has 5 heteroatoms. The zero-order valence-corrected chi connectivity index (χ0v) is 14.6. The van der Waals surface area contributed by atoms with Crippen molar-refractivity contribution in [2.75, 3.05) is 13.2 Å². The van der Waals surface area contributed by atoms with Crippen LogP contribution >= 0.6 is 11.6 Å². The minimum Gasteiger partial charge on any atom is -0.460 e. The largest absolute Gasteiger partial charge is 0.460 e. The van der Waals surface area contributed by atoms with Crippen LogP contribution < -0.4 is 0 Å². The standard InChI is InChI=1S/C20H20ClNO3/c21-18-12-5-4-11-17(18)19(23)22-13-7-6-10-16(22)14-25-20(24)15-8-2-1-3-9-15/h1-5,8-9,11-12,16H,6-7,10,13-14H2. The maximum Gasteiger partial charge on any atom is 0.338 e. The summed E-state index contributed by atoms with van der Waals surface area (Å²) in [5, 5.41) is 0.443. The summed E-state index contributed by atoms with van der Waals surface area (Å²) in [5.74, 6) is -0.470. The molecule has 1 heterocycles. The maximum absolute atomic E-state index is 12.8. The summed E-state index contributed by atoms with van der Waals surface area (Å²) in [7, 11) is 0. The van der Waals surface area contributed by atoms with Crippen molar-refractivity contribution in [1.29, 1.82) is 0 Å². The third kappa shape index (κ3) is 4.20. The van der Waals surface area contributed by atoms with Crippen molar-refractivity contribution in [3.63, 3.8) is 0 Å². The highest BCUT2D eigenvalue weighted by Gasteiger charge is 2.29. The number of carbonyl (C=O) groups is 2. The van der Waals surface area contributed by atoms with E-state index in [0.29, 0.717) is 22.7 Å². The van der Waals surface area contributed by atoms with E-state index in [0.717, 1.165) is 19.3 Å². The number of benzene rings is 2. The maximum atomic E-state index is 12.8. The fraction of sp³-hybridized carbons (Fsp3) is 0.300. The molecule has 0 bridgehead atoms. The molecule has 1 unspecified atom stereocenters. The summed E-state index contributed by atoms with van der Waals surface area (Å²) in [6, 6.07) is 15.8. The Morgan fingerprint density at radius 1 is 1.04 bits per heavy atom. The molecular formula is C20H20ClNO3. The number of ether oxygens (including phenoxy) is 1. The number of hydrogen-bond donors (Lipinski definition) is 0. The number of likely N-dealkylation sites (tertiary alicyclic amines) is 1. The molecule has 1 fully saturated rings. The van der Waals surface area contributed by atoms with Crippen LogP contribution in [0.2, 0.25) is 5.02 Å². The molecule has 130 valence electrons. The quantitative estimate of drug-likeness (QED) is 0.771. The zero-order valence-electron chi connectivity index (χ0n) is 13.9. The third-order valence-corrected chi connectivity index (χ3v) is 4.74. The van der Waals surface area contributed by atoms with Crippen molar-refractivity contribution in [2.24, 2.45) is 0 Å². The average molecular weight is 358 g/mol. The summed E-state index contributed by atoms with van der Waals surface area (Å²) >= 11 is 6.16. The van der Waals surface area contributed by atoms with E-state index < -0.39 is 0 Å². The number of esters is 1. The molecule has 0 saturated carbocycles. The number of carbonyl (C=O) groups excluding carboxylic acids is 2. The van der Waals surface area contributed by atoms with Gasteiger partial charge in [-0.1, -0.05) is 41.9 Å². The summed E-state index contributed by atoms with van der Waals surface area (Å²) in [4.78, 5) is 26.8. The molecule has 2 aromatic carbocycles. The predicted molar refractivity (Wildman–Crippen MR) is 96.9 cm³/mol. The second-order valence-corrected chi connectivity index (χ2v) is 6.50. The summed E-state index contributed by atoms with van der Waals surface area (Å²) in [6.07, 6.45) is 2.78. The van der Waals surface area contributed by atoms with Crippen molar-refractivity contribution < 1.29 is 14.3 Å². The molecule has 3 rings (SSSR count). The van der Waals surface area contributed by atoms with Crippen LogP contribution in [-0.2, 0) is 4.74 Å². The van der Waals surface area contributed by atoms with E-state index in [1.807, 2.05) is 6.07 Å². The van der Waals surface area contributed by atoms with Gasteiger partial charge in [-0.25, -0.2) is 4.79 Å². The van der Waals surface area contributed by atoms with Crippen molar-refractivity contribution in [3.05, 3.63) is 70.7 Å². The number of amides is 1.